The highest BCUT2D eigenvalue weighted by Gasteiger charge is 2.30. The highest BCUT2D eigenvalue weighted by atomic mass is 35.5. The van der Waals surface area contributed by atoms with Crippen molar-refractivity contribution >= 4 is 34.5 Å². The molecular weight excluding hydrogens is 366 g/mol. The largest absolute Gasteiger partial charge is 0.494 e. The van der Waals surface area contributed by atoms with Crippen molar-refractivity contribution in [1.29, 1.82) is 0 Å². The van der Waals surface area contributed by atoms with Crippen LogP contribution in [0.15, 0.2) is 53.9 Å². The molecule has 1 N–H and O–H groups in total. The second kappa shape index (κ2) is 7.14. The molecule has 0 saturated heterocycles. The first-order valence-electron chi connectivity index (χ1n) is 8.55. The zero-order valence-electron chi connectivity index (χ0n) is 14.3. The highest BCUT2D eigenvalue weighted by Crippen LogP contribution is 2.46. The predicted molar refractivity (Wildman–Crippen MR) is 107 cm³/mol. The molecule has 3 aromatic rings. The van der Waals surface area contributed by atoms with Crippen molar-refractivity contribution in [3.8, 4) is 16.9 Å². The molecule has 3 nitrogen and oxygen atoms in total. The summed E-state index contributed by atoms with van der Waals surface area (Å²) in [5.74, 6) is 0.968. The number of carbonyl (C=O) groups excluding carboxylic acids is 1. The van der Waals surface area contributed by atoms with E-state index in [0.29, 0.717) is 18.1 Å². The highest BCUT2D eigenvalue weighted by molar-refractivity contribution is 7.11. The number of ether oxygens (including phenoxy) is 1. The maximum Gasteiger partial charge on any atom is 0.225 e. The predicted octanol–water partition coefficient (Wildman–Crippen LogP) is 5.94. The Hall–Kier alpha value is -2.30. The normalized spacial score (nSPS) is 16.1. The van der Waals surface area contributed by atoms with Crippen molar-refractivity contribution in [2.24, 2.45) is 0 Å². The Morgan fingerprint density at radius 1 is 1.15 bits per heavy atom. The van der Waals surface area contributed by atoms with Gasteiger partial charge < -0.3 is 10.1 Å². The Morgan fingerprint density at radius 2 is 1.88 bits per heavy atom. The smallest absolute Gasteiger partial charge is 0.225 e. The molecule has 26 heavy (non-hydrogen) atoms. The topological polar surface area (TPSA) is 38.3 Å². The Bertz CT molecular complexity index is 932. The van der Waals surface area contributed by atoms with Crippen LogP contribution in [-0.4, -0.2) is 12.5 Å². The van der Waals surface area contributed by atoms with Gasteiger partial charge in [-0.3, -0.25) is 4.79 Å². The van der Waals surface area contributed by atoms with Crippen LogP contribution in [0.2, 0.25) is 5.02 Å². The molecule has 0 radical (unpaired) electrons. The fourth-order valence-electron chi connectivity index (χ4n) is 3.30. The van der Waals surface area contributed by atoms with Gasteiger partial charge >= 0.3 is 0 Å². The first-order chi connectivity index (χ1) is 12.7. The summed E-state index contributed by atoms with van der Waals surface area (Å²) in [5.41, 5.74) is 4.16. The van der Waals surface area contributed by atoms with E-state index in [1.54, 1.807) is 11.3 Å². The number of thiophene rings is 1. The lowest BCUT2D eigenvalue weighted by Gasteiger charge is -2.24. The number of hydrogen-bond acceptors (Lipinski definition) is 3. The summed E-state index contributed by atoms with van der Waals surface area (Å²) in [6.45, 7) is 2.61. The van der Waals surface area contributed by atoms with Crippen molar-refractivity contribution in [1.82, 2.24) is 0 Å². The van der Waals surface area contributed by atoms with E-state index in [4.69, 9.17) is 16.3 Å². The third kappa shape index (κ3) is 3.22. The monoisotopic (exact) mass is 383 g/mol. The minimum absolute atomic E-state index is 0.0463. The quantitative estimate of drug-likeness (QED) is 0.605. The molecule has 0 bridgehead atoms. The van der Waals surface area contributed by atoms with E-state index in [0.717, 1.165) is 28.1 Å². The van der Waals surface area contributed by atoms with E-state index in [9.17, 15) is 4.79 Å². The van der Waals surface area contributed by atoms with E-state index < -0.39 is 0 Å². The molecule has 1 aliphatic heterocycles. The summed E-state index contributed by atoms with van der Waals surface area (Å²) in [6, 6.07) is 15.8. The van der Waals surface area contributed by atoms with E-state index in [-0.39, 0.29) is 11.8 Å². The van der Waals surface area contributed by atoms with Gasteiger partial charge in [0, 0.05) is 33.2 Å². The third-order valence-electron chi connectivity index (χ3n) is 4.54. The van der Waals surface area contributed by atoms with Gasteiger partial charge in [0.1, 0.15) is 5.75 Å². The van der Waals surface area contributed by atoms with Gasteiger partial charge in [-0.1, -0.05) is 35.9 Å². The van der Waals surface area contributed by atoms with Crippen LogP contribution in [-0.2, 0) is 4.79 Å². The van der Waals surface area contributed by atoms with Crippen molar-refractivity contribution in [2.75, 3.05) is 11.9 Å². The maximum atomic E-state index is 12.4. The second-order valence-corrected chi connectivity index (χ2v) is 7.55. The van der Waals surface area contributed by atoms with E-state index in [1.165, 1.54) is 4.88 Å². The number of rotatable bonds is 4. The van der Waals surface area contributed by atoms with Gasteiger partial charge in [0.05, 0.1) is 12.3 Å². The molecule has 1 amide bonds. The lowest BCUT2D eigenvalue weighted by Crippen LogP contribution is -2.22. The Labute approximate surface area is 161 Å². The Kier molecular flexibility index (Phi) is 4.70. The molecule has 0 aliphatic carbocycles. The van der Waals surface area contributed by atoms with Gasteiger partial charge in [0.2, 0.25) is 5.91 Å². The van der Waals surface area contributed by atoms with Crippen LogP contribution < -0.4 is 10.1 Å². The Morgan fingerprint density at radius 3 is 2.58 bits per heavy atom. The summed E-state index contributed by atoms with van der Waals surface area (Å²) < 4.78 is 5.52. The molecule has 1 atom stereocenters. The summed E-state index contributed by atoms with van der Waals surface area (Å²) in [5, 5.41) is 5.88. The zero-order valence-corrected chi connectivity index (χ0v) is 15.9. The standard InChI is InChI=1S/C21H18ClNO2S/c1-2-25-16-9-5-13(6-10-16)17-11-19(24)23-20-18(12-26-21(17)20)14-3-7-15(22)8-4-14/h3-10,12,17H,2,11H2,1H3,(H,23,24)/t17-/m1/s1. The summed E-state index contributed by atoms with van der Waals surface area (Å²) in [4.78, 5) is 13.6. The zero-order chi connectivity index (χ0) is 18.1. The molecule has 0 fully saturated rings. The Balaban J connectivity index is 1.72. The molecule has 0 spiro atoms. The van der Waals surface area contributed by atoms with Crippen LogP contribution in [0.3, 0.4) is 0 Å². The van der Waals surface area contributed by atoms with Crippen molar-refractivity contribution in [2.45, 2.75) is 19.3 Å². The number of halogens is 1. The van der Waals surface area contributed by atoms with E-state index in [1.807, 2.05) is 43.3 Å². The first-order valence-corrected chi connectivity index (χ1v) is 9.81. The number of nitrogens with one attached hydrogen (secondary N) is 1. The summed E-state index contributed by atoms with van der Waals surface area (Å²) in [6.07, 6.45) is 0.460. The third-order valence-corrected chi connectivity index (χ3v) is 5.89. The molecule has 132 valence electrons. The van der Waals surface area contributed by atoms with Crippen molar-refractivity contribution < 1.29 is 9.53 Å². The fourth-order valence-corrected chi connectivity index (χ4v) is 4.59. The van der Waals surface area contributed by atoms with Gasteiger partial charge in [-0.25, -0.2) is 0 Å². The van der Waals surface area contributed by atoms with E-state index >= 15 is 0 Å². The average Bonchev–Trinajstić information content (AvgIpc) is 3.06. The molecule has 4 rings (SSSR count). The fraction of sp³-hybridized carbons (Fsp3) is 0.190. The second-order valence-electron chi connectivity index (χ2n) is 6.20. The van der Waals surface area contributed by atoms with Gasteiger partial charge in [-0.2, -0.15) is 0 Å². The average molecular weight is 384 g/mol. The molecule has 2 heterocycles. The first kappa shape index (κ1) is 17.1. The number of anilines is 1. The number of benzene rings is 2. The van der Waals surface area contributed by atoms with Crippen LogP contribution in [0.25, 0.3) is 11.1 Å². The summed E-state index contributed by atoms with van der Waals surface area (Å²) >= 11 is 7.69. The van der Waals surface area contributed by atoms with Gasteiger partial charge in [0.15, 0.2) is 0 Å². The van der Waals surface area contributed by atoms with Gasteiger partial charge in [0.25, 0.3) is 0 Å². The van der Waals surface area contributed by atoms with Gasteiger partial charge in [-0.05, 0) is 42.3 Å². The van der Waals surface area contributed by atoms with Crippen LogP contribution in [0, 0.1) is 0 Å². The molecule has 5 heteroatoms. The molecule has 1 aromatic heterocycles. The van der Waals surface area contributed by atoms with Gasteiger partial charge in [-0.15, -0.1) is 11.3 Å². The minimum Gasteiger partial charge on any atom is -0.494 e. The van der Waals surface area contributed by atoms with Crippen LogP contribution in [0.4, 0.5) is 5.69 Å². The summed E-state index contributed by atoms with van der Waals surface area (Å²) in [7, 11) is 0. The van der Waals surface area contributed by atoms with Crippen molar-refractivity contribution in [3.63, 3.8) is 0 Å². The SMILES string of the molecule is CCOc1ccc([C@H]2CC(=O)Nc3c(-c4ccc(Cl)cc4)csc32)cc1. The number of amides is 1. The number of carbonyl (C=O) groups is 1. The number of fused-ring (bicyclic) bond motifs is 1. The minimum atomic E-state index is 0.0463. The van der Waals surface area contributed by atoms with Crippen LogP contribution >= 0.6 is 22.9 Å². The molecule has 1 aliphatic rings. The molecule has 0 unspecified atom stereocenters. The lowest BCUT2D eigenvalue weighted by molar-refractivity contribution is -0.116. The van der Waals surface area contributed by atoms with E-state index in [2.05, 4.69) is 22.8 Å². The molecular formula is C21H18ClNO2S. The van der Waals surface area contributed by atoms with Crippen LogP contribution in [0.5, 0.6) is 5.75 Å². The van der Waals surface area contributed by atoms with Crippen molar-refractivity contribution in [3.05, 3.63) is 69.4 Å². The lowest BCUT2D eigenvalue weighted by atomic mass is 9.89. The van der Waals surface area contributed by atoms with Crippen LogP contribution in [0.1, 0.15) is 29.7 Å². The number of hydrogen-bond donors (Lipinski definition) is 1. The molecule has 2 aromatic carbocycles. The molecule has 0 saturated carbocycles. The maximum absolute atomic E-state index is 12.4.